The highest BCUT2D eigenvalue weighted by Crippen LogP contribution is 2.42. The summed E-state index contributed by atoms with van der Waals surface area (Å²) in [5.74, 6) is 0.911. The summed E-state index contributed by atoms with van der Waals surface area (Å²) in [5.41, 5.74) is 4.94. The summed E-state index contributed by atoms with van der Waals surface area (Å²) in [6.07, 6.45) is -1.66. The summed E-state index contributed by atoms with van der Waals surface area (Å²) >= 11 is 13.6. The number of alkyl halides is 3. The minimum atomic E-state index is -4.43. The maximum absolute atomic E-state index is 13.4. The first-order valence-electron chi connectivity index (χ1n) is 12.2. The number of hydrogen-bond acceptors (Lipinski definition) is 1. The number of allylic oxidation sites excluding steroid dienone is 1. The lowest BCUT2D eigenvalue weighted by Crippen LogP contribution is -2.38. The number of halogens is 5. The van der Waals surface area contributed by atoms with Crippen LogP contribution in [0.3, 0.4) is 0 Å². The second kappa shape index (κ2) is 9.92. The molecule has 0 aliphatic carbocycles. The number of aryl methyl sites for hydroxylation is 2. The molecule has 2 atom stereocenters. The van der Waals surface area contributed by atoms with Crippen molar-refractivity contribution in [1.29, 1.82) is 0 Å². The van der Waals surface area contributed by atoms with Gasteiger partial charge in [-0.2, -0.15) is 13.2 Å². The average Bonchev–Trinajstić information content (AvgIpc) is 3.15. The molecule has 1 aliphatic rings. The SMILES string of the molecule is C=C(C)C1CCN(C(=C)c2ccc(Cl)c(C(=C)n3cc(C)c4cc(C(F)(F)F)cc(C)c43)c2Cl)CC1C. The molecule has 2 aromatic carbocycles. The Hall–Kier alpha value is -2.63. The van der Waals surface area contributed by atoms with E-state index in [0.717, 1.165) is 36.8 Å². The van der Waals surface area contributed by atoms with Crippen molar-refractivity contribution in [3.8, 4) is 0 Å². The van der Waals surface area contributed by atoms with Crippen LogP contribution in [0.15, 0.2) is 55.8 Å². The van der Waals surface area contributed by atoms with Crippen LogP contribution in [0.4, 0.5) is 13.2 Å². The smallest absolute Gasteiger partial charge is 0.371 e. The van der Waals surface area contributed by atoms with E-state index in [9.17, 15) is 13.2 Å². The van der Waals surface area contributed by atoms with E-state index < -0.39 is 11.7 Å². The Balaban J connectivity index is 1.75. The van der Waals surface area contributed by atoms with Gasteiger partial charge < -0.3 is 9.47 Å². The average molecular weight is 547 g/mol. The molecule has 0 bridgehead atoms. The predicted octanol–water partition coefficient (Wildman–Crippen LogP) is 9.61. The number of piperidine rings is 1. The third kappa shape index (κ3) is 4.96. The minimum absolute atomic E-state index is 0.407. The number of nitrogens with zero attached hydrogens (tertiary/aromatic N) is 2. The van der Waals surface area contributed by atoms with Crippen LogP contribution in [-0.2, 0) is 6.18 Å². The van der Waals surface area contributed by atoms with E-state index in [0.29, 0.717) is 55.2 Å². The van der Waals surface area contributed by atoms with E-state index in [1.807, 2.05) is 6.07 Å². The molecule has 4 rings (SSSR count). The van der Waals surface area contributed by atoms with Gasteiger partial charge in [0.2, 0.25) is 0 Å². The van der Waals surface area contributed by atoms with Crippen molar-refractivity contribution in [2.75, 3.05) is 13.1 Å². The molecule has 196 valence electrons. The number of likely N-dealkylation sites (tertiary alicyclic amines) is 1. The van der Waals surface area contributed by atoms with Crippen molar-refractivity contribution in [1.82, 2.24) is 9.47 Å². The molecule has 2 unspecified atom stereocenters. The Morgan fingerprint density at radius 1 is 1.03 bits per heavy atom. The highest BCUT2D eigenvalue weighted by Gasteiger charge is 2.32. The van der Waals surface area contributed by atoms with Gasteiger partial charge in [-0.25, -0.2) is 0 Å². The first-order chi connectivity index (χ1) is 17.2. The van der Waals surface area contributed by atoms with Crippen LogP contribution in [-0.4, -0.2) is 22.6 Å². The van der Waals surface area contributed by atoms with Gasteiger partial charge in [0.15, 0.2) is 0 Å². The molecular formula is C30H31Cl2F3N2. The third-order valence-electron chi connectivity index (χ3n) is 7.52. The molecule has 2 nitrogen and oxygen atoms in total. The topological polar surface area (TPSA) is 8.17 Å². The zero-order valence-electron chi connectivity index (χ0n) is 21.6. The van der Waals surface area contributed by atoms with Gasteiger partial charge in [0.05, 0.1) is 21.1 Å². The molecule has 0 radical (unpaired) electrons. The quantitative estimate of drug-likeness (QED) is 0.289. The Morgan fingerprint density at radius 3 is 2.30 bits per heavy atom. The number of aromatic nitrogens is 1. The molecule has 1 aliphatic heterocycles. The largest absolute Gasteiger partial charge is 0.416 e. The van der Waals surface area contributed by atoms with Gasteiger partial charge in [-0.3, -0.25) is 0 Å². The lowest BCUT2D eigenvalue weighted by molar-refractivity contribution is -0.137. The zero-order valence-corrected chi connectivity index (χ0v) is 23.1. The van der Waals surface area contributed by atoms with Gasteiger partial charge in [-0.15, -0.1) is 0 Å². The van der Waals surface area contributed by atoms with E-state index in [2.05, 4.69) is 38.5 Å². The van der Waals surface area contributed by atoms with Crippen molar-refractivity contribution < 1.29 is 13.2 Å². The standard InChI is InChI=1S/C30H31Cl2F3N2/c1-16(2)23-10-11-36(14-18(23)4)20(6)24-8-9-26(31)27(28(24)32)21(7)37-15-19(5)25-13-22(30(33,34)35)12-17(3)29(25)37/h8-9,12-13,15,18,23H,1,6-7,10-11,14H2,2-5H3. The molecule has 2 heterocycles. The van der Waals surface area contributed by atoms with E-state index in [-0.39, 0.29) is 0 Å². The number of rotatable bonds is 5. The van der Waals surface area contributed by atoms with Crippen molar-refractivity contribution in [3.63, 3.8) is 0 Å². The predicted molar refractivity (Wildman–Crippen MR) is 150 cm³/mol. The monoisotopic (exact) mass is 546 g/mol. The summed E-state index contributed by atoms with van der Waals surface area (Å²) in [6, 6.07) is 5.96. The van der Waals surface area contributed by atoms with E-state index >= 15 is 0 Å². The molecule has 1 fully saturated rings. The van der Waals surface area contributed by atoms with Gasteiger partial charge in [0.25, 0.3) is 0 Å². The lowest BCUT2D eigenvalue weighted by Gasteiger charge is -2.40. The minimum Gasteiger partial charge on any atom is -0.371 e. The fourth-order valence-corrected chi connectivity index (χ4v) is 6.26. The molecule has 1 aromatic heterocycles. The van der Waals surface area contributed by atoms with Crippen molar-refractivity contribution in [3.05, 3.63) is 93.6 Å². The summed E-state index contributed by atoms with van der Waals surface area (Å²) in [6.45, 7) is 22.2. The van der Waals surface area contributed by atoms with Crippen molar-refractivity contribution in [2.45, 2.75) is 40.3 Å². The highest BCUT2D eigenvalue weighted by molar-refractivity contribution is 6.38. The lowest BCUT2D eigenvalue weighted by atomic mass is 9.82. The van der Waals surface area contributed by atoms with Crippen LogP contribution in [0.2, 0.25) is 10.0 Å². The first kappa shape index (κ1) is 27.4. The second-order valence-electron chi connectivity index (χ2n) is 10.2. The molecule has 0 spiro atoms. The molecule has 0 N–H and O–H groups in total. The van der Waals surface area contributed by atoms with Crippen molar-refractivity contribution in [2.24, 2.45) is 11.8 Å². The normalized spacial score (nSPS) is 18.4. The number of fused-ring (bicyclic) bond motifs is 1. The number of hydrogen-bond donors (Lipinski definition) is 0. The van der Waals surface area contributed by atoms with Crippen LogP contribution >= 0.6 is 23.2 Å². The van der Waals surface area contributed by atoms with E-state index in [4.69, 9.17) is 23.2 Å². The summed E-state index contributed by atoms with van der Waals surface area (Å²) in [7, 11) is 0. The summed E-state index contributed by atoms with van der Waals surface area (Å²) in [4.78, 5) is 2.24. The van der Waals surface area contributed by atoms with Crippen LogP contribution < -0.4 is 0 Å². The molecule has 1 saturated heterocycles. The summed E-state index contributed by atoms with van der Waals surface area (Å²) in [5, 5.41) is 1.34. The molecule has 7 heteroatoms. The van der Waals surface area contributed by atoms with Crippen molar-refractivity contribution >= 4 is 45.5 Å². The van der Waals surface area contributed by atoms with Crippen LogP contribution in [0, 0.1) is 25.7 Å². The fraction of sp³-hybridized carbons (Fsp3) is 0.333. The summed E-state index contributed by atoms with van der Waals surface area (Å²) < 4.78 is 42.1. The van der Waals surface area contributed by atoms with Gasteiger partial charge in [0.1, 0.15) is 0 Å². The van der Waals surface area contributed by atoms with E-state index in [1.54, 1.807) is 30.7 Å². The Bertz CT molecular complexity index is 1430. The highest BCUT2D eigenvalue weighted by atomic mass is 35.5. The Morgan fingerprint density at radius 2 is 1.70 bits per heavy atom. The van der Waals surface area contributed by atoms with Crippen LogP contribution in [0.1, 0.15) is 48.1 Å². The molecule has 37 heavy (non-hydrogen) atoms. The second-order valence-corrected chi connectivity index (χ2v) is 11.0. The molecular weight excluding hydrogens is 516 g/mol. The molecule has 0 saturated carbocycles. The number of benzene rings is 2. The van der Waals surface area contributed by atoms with E-state index in [1.165, 1.54) is 11.6 Å². The Kier molecular flexibility index (Phi) is 7.35. The fourth-order valence-electron chi connectivity index (χ4n) is 5.56. The maximum Gasteiger partial charge on any atom is 0.416 e. The van der Waals surface area contributed by atoms with Gasteiger partial charge in [-0.05, 0) is 74.4 Å². The Labute approximate surface area is 226 Å². The third-order valence-corrected chi connectivity index (χ3v) is 8.23. The van der Waals surface area contributed by atoms with Crippen LogP contribution in [0.5, 0.6) is 0 Å². The maximum atomic E-state index is 13.4. The zero-order chi connectivity index (χ0) is 27.4. The van der Waals surface area contributed by atoms with Gasteiger partial charge in [-0.1, -0.05) is 55.4 Å². The van der Waals surface area contributed by atoms with Gasteiger partial charge in [0, 0.05) is 47.2 Å². The van der Waals surface area contributed by atoms with Gasteiger partial charge >= 0.3 is 6.18 Å². The molecule has 3 aromatic rings. The molecule has 0 amide bonds. The van der Waals surface area contributed by atoms with Crippen LogP contribution in [0.25, 0.3) is 22.3 Å². The first-order valence-corrected chi connectivity index (χ1v) is 12.9.